The molecule has 5 atom stereocenters. The number of rotatable bonds is 12. The number of halogens is 1. The van der Waals surface area contributed by atoms with E-state index in [1.165, 1.54) is 11.1 Å². The van der Waals surface area contributed by atoms with E-state index in [1.54, 1.807) is 38.3 Å². The highest BCUT2D eigenvalue weighted by Gasteiger charge is 2.43. The van der Waals surface area contributed by atoms with Gasteiger partial charge in [-0.15, -0.1) is 13.2 Å². The van der Waals surface area contributed by atoms with Crippen LogP contribution in [0.3, 0.4) is 0 Å². The van der Waals surface area contributed by atoms with Gasteiger partial charge in [-0.25, -0.2) is 13.1 Å². The predicted molar refractivity (Wildman–Crippen MR) is 181 cm³/mol. The second kappa shape index (κ2) is 13.9. The Labute approximate surface area is 273 Å². The normalized spacial score (nSPS) is 23.4. The molecule has 1 N–H and O–H groups in total. The Morgan fingerprint density at radius 2 is 2.04 bits per heavy atom. The number of methoxy groups -OCH3 is 1. The van der Waals surface area contributed by atoms with Crippen molar-refractivity contribution >= 4 is 33.2 Å². The SMILES string of the molecule is C=CC[C@H](C)[C@@H](C)S(=O)(=O)NC(=O)c1ccc2c(c1)N(C[C@@H]1CCN1[C@H](C=C)COC)C[C@@]1(CCCc3cc(Cl)ccc31)CO2. The molecule has 2 aromatic rings. The lowest BCUT2D eigenvalue weighted by atomic mass is 9.70. The van der Waals surface area contributed by atoms with Crippen molar-refractivity contribution in [1.29, 1.82) is 0 Å². The van der Waals surface area contributed by atoms with Crippen LogP contribution in [0, 0.1) is 5.92 Å². The molecule has 1 fully saturated rings. The molecular formula is C35H46ClN3O5S. The number of benzene rings is 2. The van der Waals surface area contributed by atoms with E-state index in [2.05, 4.69) is 39.8 Å². The molecule has 1 aliphatic carbocycles. The van der Waals surface area contributed by atoms with E-state index in [0.717, 1.165) is 42.9 Å². The molecule has 3 aliphatic rings. The number of likely N-dealkylation sites (tertiary alicyclic amines) is 1. The summed E-state index contributed by atoms with van der Waals surface area (Å²) in [6.45, 7) is 14.7. The summed E-state index contributed by atoms with van der Waals surface area (Å²) >= 11 is 6.41. The lowest BCUT2D eigenvalue weighted by Gasteiger charge is -2.48. The van der Waals surface area contributed by atoms with Crippen molar-refractivity contribution in [3.63, 3.8) is 0 Å². The zero-order chi connectivity index (χ0) is 32.4. The van der Waals surface area contributed by atoms with Gasteiger partial charge in [-0.1, -0.05) is 36.7 Å². The third-order valence-electron chi connectivity index (χ3n) is 10.0. The molecule has 0 unspecified atom stereocenters. The topological polar surface area (TPSA) is 88.2 Å². The number of carbonyl (C=O) groups is 1. The maximum atomic E-state index is 13.4. The van der Waals surface area contributed by atoms with Gasteiger partial charge in [-0.05, 0) is 86.4 Å². The average molecular weight is 656 g/mol. The van der Waals surface area contributed by atoms with Gasteiger partial charge in [0, 0.05) is 48.8 Å². The molecule has 0 saturated carbocycles. The van der Waals surface area contributed by atoms with Crippen molar-refractivity contribution in [3.05, 3.63) is 83.4 Å². The minimum atomic E-state index is -3.90. The summed E-state index contributed by atoms with van der Waals surface area (Å²) in [6, 6.07) is 11.8. The minimum Gasteiger partial charge on any atom is -0.490 e. The average Bonchev–Trinajstić information content (AvgIpc) is 3.15. The van der Waals surface area contributed by atoms with E-state index in [4.69, 9.17) is 21.1 Å². The fourth-order valence-electron chi connectivity index (χ4n) is 7.11. The molecule has 0 radical (unpaired) electrons. The summed E-state index contributed by atoms with van der Waals surface area (Å²) < 4.78 is 40.6. The second-order valence-electron chi connectivity index (χ2n) is 12.9. The van der Waals surface area contributed by atoms with Gasteiger partial charge in [0.05, 0.1) is 30.2 Å². The highest BCUT2D eigenvalue weighted by atomic mass is 35.5. The molecule has 1 spiro atoms. The molecule has 0 aromatic heterocycles. The number of aryl methyl sites for hydroxylation is 1. The van der Waals surface area contributed by atoms with E-state index >= 15 is 0 Å². The minimum absolute atomic E-state index is 0.107. The fourth-order valence-corrected chi connectivity index (χ4v) is 8.59. The summed E-state index contributed by atoms with van der Waals surface area (Å²) in [5.41, 5.74) is 3.32. The molecule has 1 saturated heterocycles. The molecule has 0 bridgehead atoms. The largest absolute Gasteiger partial charge is 0.490 e. The summed E-state index contributed by atoms with van der Waals surface area (Å²) in [5, 5.41) is -0.0210. The van der Waals surface area contributed by atoms with Gasteiger partial charge in [-0.2, -0.15) is 0 Å². The number of hydrogen-bond donors (Lipinski definition) is 1. The first-order chi connectivity index (χ1) is 21.5. The maximum Gasteiger partial charge on any atom is 0.264 e. The summed E-state index contributed by atoms with van der Waals surface area (Å²) in [4.78, 5) is 18.2. The van der Waals surface area contributed by atoms with Gasteiger partial charge in [-0.3, -0.25) is 9.69 Å². The van der Waals surface area contributed by atoms with Gasteiger partial charge >= 0.3 is 0 Å². The molecular weight excluding hydrogens is 610 g/mol. The van der Waals surface area contributed by atoms with Crippen molar-refractivity contribution < 1.29 is 22.7 Å². The molecule has 2 aliphatic heterocycles. The number of hydrogen-bond acceptors (Lipinski definition) is 7. The first-order valence-corrected chi connectivity index (χ1v) is 17.8. The lowest BCUT2D eigenvalue weighted by Crippen LogP contribution is -2.59. The number of nitrogens with one attached hydrogen (secondary N) is 1. The zero-order valence-electron chi connectivity index (χ0n) is 26.6. The monoisotopic (exact) mass is 655 g/mol. The Kier molecular flexibility index (Phi) is 10.3. The van der Waals surface area contributed by atoms with Crippen LogP contribution >= 0.6 is 11.6 Å². The van der Waals surface area contributed by atoms with E-state index in [-0.39, 0.29) is 29.0 Å². The molecule has 2 heterocycles. The molecule has 8 nitrogen and oxygen atoms in total. The Balaban J connectivity index is 1.49. The molecule has 2 aromatic carbocycles. The van der Waals surface area contributed by atoms with Crippen LogP contribution < -0.4 is 14.4 Å². The number of anilines is 1. The summed E-state index contributed by atoms with van der Waals surface area (Å²) in [7, 11) is -2.19. The van der Waals surface area contributed by atoms with Crippen LogP contribution in [0.15, 0.2) is 61.7 Å². The van der Waals surface area contributed by atoms with Crippen LogP contribution in [-0.2, 0) is 26.6 Å². The number of amides is 1. The Morgan fingerprint density at radius 1 is 1.24 bits per heavy atom. The number of nitrogens with zero attached hydrogens (tertiary/aromatic N) is 2. The highest BCUT2D eigenvalue weighted by molar-refractivity contribution is 7.90. The lowest BCUT2D eigenvalue weighted by molar-refractivity contribution is 0.0255. The molecule has 10 heteroatoms. The molecule has 1 amide bonds. The first kappa shape index (κ1) is 33.5. The third-order valence-corrected chi connectivity index (χ3v) is 12.2. The first-order valence-electron chi connectivity index (χ1n) is 15.9. The summed E-state index contributed by atoms with van der Waals surface area (Å²) in [5.74, 6) is -0.149. The molecule has 5 rings (SSSR count). The van der Waals surface area contributed by atoms with Crippen LogP contribution in [0.5, 0.6) is 5.75 Å². The fraction of sp³-hybridized carbons (Fsp3) is 0.514. The van der Waals surface area contributed by atoms with E-state index < -0.39 is 21.2 Å². The predicted octanol–water partition coefficient (Wildman–Crippen LogP) is 5.75. The molecule has 45 heavy (non-hydrogen) atoms. The third kappa shape index (κ3) is 6.97. The van der Waals surface area contributed by atoms with Gasteiger partial charge in [0.2, 0.25) is 10.0 Å². The van der Waals surface area contributed by atoms with E-state index in [1.807, 2.05) is 19.1 Å². The van der Waals surface area contributed by atoms with Gasteiger partial charge < -0.3 is 14.4 Å². The van der Waals surface area contributed by atoms with Crippen LogP contribution in [0.4, 0.5) is 5.69 Å². The highest BCUT2D eigenvalue weighted by Crippen LogP contribution is 2.45. The Morgan fingerprint density at radius 3 is 2.73 bits per heavy atom. The van der Waals surface area contributed by atoms with Crippen LogP contribution in [0.25, 0.3) is 0 Å². The van der Waals surface area contributed by atoms with Gasteiger partial charge in [0.1, 0.15) is 5.75 Å². The second-order valence-corrected chi connectivity index (χ2v) is 15.4. The number of allylic oxidation sites excluding steroid dienone is 1. The quantitative estimate of drug-likeness (QED) is 0.292. The van der Waals surface area contributed by atoms with E-state index in [9.17, 15) is 13.2 Å². The van der Waals surface area contributed by atoms with Crippen molar-refractivity contribution in [2.75, 3.05) is 44.9 Å². The van der Waals surface area contributed by atoms with Crippen molar-refractivity contribution in [1.82, 2.24) is 9.62 Å². The maximum absolute atomic E-state index is 13.4. The zero-order valence-corrected chi connectivity index (χ0v) is 28.2. The number of sulfonamides is 1. The molecule has 244 valence electrons. The van der Waals surface area contributed by atoms with Gasteiger partial charge in [0.25, 0.3) is 5.91 Å². The number of ether oxygens (including phenoxy) is 2. The number of carbonyl (C=O) groups excluding carboxylic acids is 1. The van der Waals surface area contributed by atoms with Crippen molar-refractivity contribution in [2.24, 2.45) is 5.92 Å². The smallest absolute Gasteiger partial charge is 0.264 e. The van der Waals surface area contributed by atoms with Crippen LogP contribution in [0.2, 0.25) is 5.02 Å². The van der Waals surface area contributed by atoms with E-state index in [0.29, 0.717) is 38.5 Å². The van der Waals surface area contributed by atoms with Crippen LogP contribution in [0.1, 0.15) is 61.0 Å². The van der Waals surface area contributed by atoms with Gasteiger partial charge in [0.15, 0.2) is 0 Å². The summed E-state index contributed by atoms with van der Waals surface area (Å²) in [6.07, 6.45) is 8.16. The Bertz CT molecular complexity index is 1530. The van der Waals surface area contributed by atoms with Crippen molar-refractivity contribution in [2.45, 2.75) is 68.7 Å². The number of fused-ring (bicyclic) bond motifs is 3. The van der Waals surface area contributed by atoms with Crippen LogP contribution in [-0.4, -0.2) is 76.5 Å². The standard InChI is InChI=1S/C35H46ClN3O5S/c1-6-9-24(3)25(4)45(41,42)37-34(40)27-11-14-33-32(19-27)38(20-30-15-17-39(30)29(7-2)21-43-5)22-35(23-44-33)16-8-10-26-18-28(36)12-13-31(26)35/h6-7,11-14,18-19,24-25,29-30H,1-2,8-10,15-17,20-23H2,3-5H3,(H,37,40)/t24-,25+,29+,30-,35-/m0/s1. The van der Waals surface area contributed by atoms with Crippen molar-refractivity contribution in [3.8, 4) is 5.75 Å². The Hall–Kier alpha value is -2.85.